The van der Waals surface area contributed by atoms with E-state index in [1.54, 1.807) is 24.5 Å². The Kier molecular flexibility index (Phi) is 7.33. The summed E-state index contributed by atoms with van der Waals surface area (Å²) < 4.78 is 1.95. The Morgan fingerprint density at radius 3 is 2.48 bits per heavy atom. The van der Waals surface area contributed by atoms with E-state index in [4.69, 9.17) is 23.2 Å². The maximum absolute atomic E-state index is 12.7. The highest BCUT2D eigenvalue weighted by atomic mass is 35.5. The maximum atomic E-state index is 12.7. The molecule has 0 bridgehead atoms. The average molecular weight is 498 g/mol. The normalized spacial score (nSPS) is 11.9. The predicted molar refractivity (Wildman–Crippen MR) is 133 cm³/mol. The molecule has 0 aliphatic rings. The van der Waals surface area contributed by atoms with E-state index in [1.807, 2.05) is 60.9 Å². The van der Waals surface area contributed by atoms with Gasteiger partial charge in [0.15, 0.2) is 11.0 Å². The lowest BCUT2D eigenvalue weighted by Crippen LogP contribution is -2.28. The van der Waals surface area contributed by atoms with Crippen LogP contribution in [0.4, 0.5) is 0 Å². The van der Waals surface area contributed by atoms with Gasteiger partial charge in [0.1, 0.15) is 0 Å². The van der Waals surface area contributed by atoms with Crippen molar-refractivity contribution in [1.29, 1.82) is 0 Å². The molecule has 0 fully saturated rings. The molecule has 168 valence electrons. The summed E-state index contributed by atoms with van der Waals surface area (Å²) in [7, 11) is 0. The third kappa shape index (κ3) is 5.55. The highest BCUT2D eigenvalue weighted by molar-refractivity contribution is 7.99. The number of nitrogens with zero attached hydrogens (tertiary/aromatic N) is 4. The molecule has 4 aromatic rings. The first-order valence-corrected chi connectivity index (χ1v) is 12.0. The number of nitrogens with one attached hydrogen (secondary N) is 1. The van der Waals surface area contributed by atoms with Crippen LogP contribution in [0.1, 0.15) is 24.1 Å². The van der Waals surface area contributed by atoms with E-state index in [2.05, 4.69) is 20.5 Å². The van der Waals surface area contributed by atoms with Crippen molar-refractivity contribution >= 4 is 40.9 Å². The Bertz CT molecular complexity index is 1260. The van der Waals surface area contributed by atoms with Gasteiger partial charge in [-0.15, -0.1) is 10.2 Å². The number of rotatable bonds is 7. The van der Waals surface area contributed by atoms with Gasteiger partial charge in [0.2, 0.25) is 5.91 Å². The van der Waals surface area contributed by atoms with Crippen LogP contribution in [0, 0.1) is 6.92 Å². The van der Waals surface area contributed by atoms with Crippen molar-refractivity contribution in [3.8, 4) is 17.1 Å². The van der Waals surface area contributed by atoms with Crippen LogP contribution in [-0.2, 0) is 4.79 Å². The van der Waals surface area contributed by atoms with Crippen LogP contribution in [0.3, 0.4) is 0 Å². The van der Waals surface area contributed by atoms with Crippen LogP contribution in [0.2, 0.25) is 10.0 Å². The second-order valence-corrected chi connectivity index (χ2v) is 9.24. The van der Waals surface area contributed by atoms with Gasteiger partial charge in [0.25, 0.3) is 0 Å². The summed E-state index contributed by atoms with van der Waals surface area (Å²) in [5.41, 5.74) is 3.77. The number of hydrogen-bond donors (Lipinski definition) is 1. The molecule has 2 aromatic carbocycles. The smallest absolute Gasteiger partial charge is 0.230 e. The molecule has 1 unspecified atom stereocenters. The number of aryl methyl sites for hydroxylation is 1. The van der Waals surface area contributed by atoms with Gasteiger partial charge < -0.3 is 5.32 Å². The molecule has 0 aliphatic heterocycles. The molecular weight excluding hydrogens is 477 g/mol. The fraction of sp³-hybridized carbons (Fsp3) is 0.167. The Balaban J connectivity index is 1.53. The fourth-order valence-electron chi connectivity index (χ4n) is 3.32. The van der Waals surface area contributed by atoms with Crippen LogP contribution in [0.15, 0.2) is 72.1 Å². The summed E-state index contributed by atoms with van der Waals surface area (Å²) >= 11 is 13.6. The van der Waals surface area contributed by atoms with Gasteiger partial charge in [0.05, 0.1) is 11.8 Å². The Hall–Kier alpha value is -2.87. The molecule has 1 N–H and O–H groups in total. The molecule has 9 heteroatoms. The number of carbonyl (C=O) groups is 1. The Morgan fingerprint density at radius 1 is 1.06 bits per heavy atom. The maximum Gasteiger partial charge on any atom is 0.230 e. The molecule has 0 spiro atoms. The number of aromatic nitrogens is 4. The number of carbonyl (C=O) groups excluding carboxylic acids is 1. The number of hydrogen-bond acceptors (Lipinski definition) is 5. The minimum absolute atomic E-state index is 0.137. The summed E-state index contributed by atoms with van der Waals surface area (Å²) in [5, 5.41) is 13.4. The second-order valence-electron chi connectivity index (χ2n) is 7.46. The van der Waals surface area contributed by atoms with Crippen molar-refractivity contribution in [2.75, 3.05) is 5.75 Å². The summed E-state index contributed by atoms with van der Waals surface area (Å²) in [5.74, 6) is 0.725. The van der Waals surface area contributed by atoms with E-state index in [0.29, 0.717) is 21.0 Å². The van der Waals surface area contributed by atoms with Crippen molar-refractivity contribution in [2.24, 2.45) is 0 Å². The number of amides is 1. The lowest BCUT2D eigenvalue weighted by atomic mass is 10.1. The molecule has 6 nitrogen and oxygen atoms in total. The second kappa shape index (κ2) is 10.4. The van der Waals surface area contributed by atoms with Crippen LogP contribution < -0.4 is 5.32 Å². The van der Waals surface area contributed by atoms with Gasteiger partial charge in [-0.3, -0.25) is 14.3 Å². The molecule has 0 aliphatic carbocycles. The van der Waals surface area contributed by atoms with Crippen LogP contribution >= 0.6 is 35.0 Å². The first-order valence-electron chi connectivity index (χ1n) is 10.2. The first-order chi connectivity index (χ1) is 15.9. The van der Waals surface area contributed by atoms with Crippen molar-refractivity contribution in [3.05, 3.63) is 88.2 Å². The predicted octanol–water partition coefficient (Wildman–Crippen LogP) is 5.91. The molecule has 4 rings (SSSR count). The van der Waals surface area contributed by atoms with E-state index >= 15 is 0 Å². The quantitative estimate of drug-likeness (QED) is 0.321. The van der Waals surface area contributed by atoms with E-state index < -0.39 is 0 Å². The summed E-state index contributed by atoms with van der Waals surface area (Å²) in [6, 6.07) is 16.8. The standard InChI is InChI=1S/C24H21Cl2N5OS/c1-15-3-6-19(7-4-15)31-23(17-9-11-27-12-10-17)29-30-24(31)33-14-22(32)28-16(2)20-8-5-18(25)13-21(20)26/h3-13,16H,14H2,1-2H3,(H,28,32). The molecule has 1 amide bonds. The molecule has 0 saturated carbocycles. The van der Waals surface area contributed by atoms with Gasteiger partial charge in [-0.1, -0.05) is 58.7 Å². The monoisotopic (exact) mass is 497 g/mol. The molecule has 33 heavy (non-hydrogen) atoms. The Labute approximate surface area is 206 Å². The van der Waals surface area contributed by atoms with Gasteiger partial charge in [0, 0.05) is 33.7 Å². The van der Waals surface area contributed by atoms with E-state index in [9.17, 15) is 4.79 Å². The largest absolute Gasteiger partial charge is 0.349 e. The highest BCUT2D eigenvalue weighted by Gasteiger charge is 2.18. The molecule has 1 atom stereocenters. The summed E-state index contributed by atoms with van der Waals surface area (Å²) in [6.07, 6.45) is 3.43. The van der Waals surface area contributed by atoms with Crippen LogP contribution in [-0.4, -0.2) is 31.4 Å². The van der Waals surface area contributed by atoms with Gasteiger partial charge in [-0.05, 0) is 55.8 Å². The third-order valence-electron chi connectivity index (χ3n) is 5.00. The number of benzene rings is 2. The lowest BCUT2D eigenvalue weighted by Gasteiger charge is -2.16. The zero-order valence-electron chi connectivity index (χ0n) is 18.0. The van der Waals surface area contributed by atoms with Gasteiger partial charge >= 0.3 is 0 Å². The fourth-order valence-corrected chi connectivity index (χ4v) is 4.66. The minimum Gasteiger partial charge on any atom is -0.349 e. The topological polar surface area (TPSA) is 72.7 Å². The summed E-state index contributed by atoms with van der Waals surface area (Å²) in [6.45, 7) is 3.92. The van der Waals surface area contributed by atoms with Gasteiger partial charge in [-0.25, -0.2) is 0 Å². The highest BCUT2D eigenvalue weighted by Crippen LogP contribution is 2.29. The molecule has 2 heterocycles. The zero-order valence-corrected chi connectivity index (χ0v) is 20.3. The zero-order chi connectivity index (χ0) is 23.4. The van der Waals surface area contributed by atoms with Crippen LogP contribution in [0.5, 0.6) is 0 Å². The third-order valence-corrected chi connectivity index (χ3v) is 6.49. The van der Waals surface area contributed by atoms with Crippen molar-refractivity contribution in [3.63, 3.8) is 0 Å². The summed E-state index contributed by atoms with van der Waals surface area (Å²) in [4.78, 5) is 16.8. The average Bonchev–Trinajstić information content (AvgIpc) is 3.22. The molecule has 0 radical (unpaired) electrons. The number of halogens is 2. The molecule has 0 saturated heterocycles. The van der Waals surface area contributed by atoms with Crippen molar-refractivity contribution in [2.45, 2.75) is 25.0 Å². The minimum atomic E-state index is -0.259. The first kappa shape index (κ1) is 23.3. The van der Waals surface area contributed by atoms with Crippen LogP contribution in [0.25, 0.3) is 17.1 Å². The SMILES string of the molecule is Cc1ccc(-n2c(SCC(=O)NC(C)c3ccc(Cl)cc3Cl)nnc2-c2ccncc2)cc1. The number of pyridine rings is 1. The van der Waals surface area contributed by atoms with Crippen molar-refractivity contribution < 1.29 is 4.79 Å². The molecular formula is C24H21Cl2N5OS. The lowest BCUT2D eigenvalue weighted by molar-refractivity contribution is -0.119. The number of thioether (sulfide) groups is 1. The van der Waals surface area contributed by atoms with E-state index in [1.165, 1.54) is 11.8 Å². The van der Waals surface area contributed by atoms with Crippen molar-refractivity contribution in [1.82, 2.24) is 25.1 Å². The van der Waals surface area contributed by atoms with E-state index in [-0.39, 0.29) is 17.7 Å². The van der Waals surface area contributed by atoms with E-state index in [0.717, 1.165) is 22.4 Å². The molecule has 2 aromatic heterocycles. The van der Waals surface area contributed by atoms with Gasteiger partial charge in [-0.2, -0.15) is 0 Å². The Morgan fingerprint density at radius 2 is 1.79 bits per heavy atom.